The Morgan fingerprint density at radius 3 is 2.62 bits per heavy atom. The first kappa shape index (κ1) is 18.1. The molecule has 0 saturated carbocycles. The maximum absolute atomic E-state index is 12.8. The average Bonchev–Trinajstić information content (AvgIpc) is 2.94. The first-order valence-electron chi connectivity index (χ1n) is 8.91. The molecule has 2 aliphatic rings. The highest BCUT2D eigenvalue weighted by atomic mass is 35.5. The molecule has 2 heterocycles. The first-order valence-corrected chi connectivity index (χ1v) is 10.5. The summed E-state index contributed by atoms with van der Waals surface area (Å²) in [7, 11) is 0. The van der Waals surface area contributed by atoms with Crippen LogP contribution in [0.3, 0.4) is 0 Å². The molecule has 2 unspecified atom stereocenters. The molecule has 0 bridgehead atoms. The Balaban J connectivity index is 1.65. The number of fused-ring (bicyclic) bond motifs is 3. The van der Waals surface area contributed by atoms with Crippen LogP contribution in [0.25, 0.3) is 0 Å². The Morgan fingerprint density at radius 2 is 1.92 bits per heavy atom. The lowest BCUT2D eigenvalue weighted by atomic mass is 9.72. The first-order chi connectivity index (χ1) is 12.2. The van der Waals surface area contributed by atoms with Crippen LogP contribution in [0.15, 0.2) is 18.2 Å². The number of hydrogen-bond acceptors (Lipinski definition) is 3. The second-order valence-electron chi connectivity index (χ2n) is 8.24. The van der Waals surface area contributed by atoms with E-state index in [1.807, 2.05) is 6.07 Å². The zero-order valence-electron chi connectivity index (χ0n) is 15.1. The Hall–Kier alpha value is -1.23. The van der Waals surface area contributed by atoms with Gasteiger partial charge in [-0.3, -0.25) is 4.79 Å². The van der Waals surface area contributed by atoms with Gasteiger partial charge in [0.1, 0.15) is 11.2 Å². The fourth-order valence-electron chi connectivity index (χ4n) is 3.90. The van der Waals surface area contributed by atoms with Gasteiger partial charge in [0.2, 0.25) is 0 Å². The minimum atomic E-state index is -0.289. The summed E-state index contributed by atoms with van der Waals surface area (Å²) < 4.78 is 0. The molecule has 1 aromatic heterocycles. The highest BCUT2D eigenvalue weighted by Crippen LogP contribution is 2.46. The summed E-state index contributed by atoms with van der Waals surface area (Å²) in [6, 6.07) is 5.45. The van der Waals surface area contributed by atoms with Gasteiger partial charge in [-0.2, -0.15) is 0 Å². The second-order valence-corrected chi connectivity index (χ2v) is 10.2. The Morgan fingerprint density at radius 1 is 1.15 bits per heavy atom. The number of hydrogen-bond donors (Lipinski definition) is 2. The minimum absolute atomic E-state index is 0.00142. The van der Waals surface area contributed by atoms with Gasteiger partial charge in [0.05, 0.1) is 15.6 Å². The van der Waals surface area contributed by atoms with Crippen LogP contribution >= 0.6 is 34.5 Å². The summed E-state index contributed by atoms with van der Waals surface area (Å²) >= 11 is 13.9. The van der Waals surface area contributed by atoms with E-state index in [1.54, 1.807) is 23.5 Å². The van der Waals surface area contributed by atoms with Crippen molar-refractivity contribution in [3.63, 3.8) is 0 Å². The average molecular weight is 409 g/mol. The molecule has 1 amide bonds. The van der Waals surface area contributed by atoms with Gasteiger partial charge in [0, 0.05) is 4.88 Å². The maximum Gasteiger partial charge on any atom is 0.256 e. The third-order valence-electron chi connectivity index (χ3n) is 5.54. The van der Waals surface area contributed by atoms with Gasteiger partial charge >= 0.3 is 0 Å². The Bertz CT molecular complexity index is 885. The van der Waals surface area contributed by atoms with Gasteiger partial charge in [-0.15, -0.1) is 11.3 Å². The fraction of sp³-hybridized carbons (Fsp3) is 0.450. The molecular weight excluding hydrogens is 387 g/mol. The Labute approximate surface area is 168 Å². The van der Waals surface area contributed by atoms with Crippen molar-refractivity contribution in [1.29, 1.82) is 0 Å². The molecule has 4 rings (SSSR count). The number of halogens is 2. The number of rotatable bonds is 1. The fourth-order valence-corrected chi connectivity index (χ4v) is 5.56. The number of carbonyl (C=O) groups excluding carboxylic acids is 1. The van der Waals surface area contributed by atoms with E-state index in [0.717, 1.165) is 35.4 Å². The minimum Gasteiger partial charge on any atom is -0.353 e. The molecule has 3 nitrogen and oxygen atoms in total. The highest BCUT2D eigenvalue weighted by molar-refractivity contribution is 7.16. The predicted molar refractivity (Wildman–Crippen MR) is 110 cm³/mol. The van der Waals surface area contributed by atoms with Crippen molar-refractivity contribution >= 4 is 45.4 Å². The molecule has 138 valence electrons. The summed E-state index contributed by atoms with van der Waals surface area (Å²) in [5, 5.41) is 8.53. The standard InChI is InChI=1S/C20H22Cl2N2OS/c1-20(2,3)11-5-6-12-15(9-11)26-19-16(12)18(25)23-17(24-19)10-4-7-13(21)14(22)8-10/h4,7-8,11,17,24H,5-6,9H2,1-3H3,(H,23,25). The van der Waals surface area contributed by atoms with Gasteiger partial charge in [-0.05, 0) is 53.9 Å². The van der Waals surface area contributed by atoms with Crippen LogP contribution in [-0.4, -0.2) is 5.91 Å². The van der Waals surface area contributed by atoms with E-state index in [9.17, 15) is 4.79 Å². The zero-order chi connectivity index (χ0) is 18.6. The number of nitrogens with one attached hydrogen (secondary N) is 2. The van der Waals surface area contributed by atoms with Gasteiger partial charge in [-0.1, -0.05) is 50.0 Å². The summed E-state index contributed by atoms with van der Waals surface area (Å²) in [4.78, 5) is 14.2. The molecule has 1 aromatic carbocycles. The van der Waals surface area contributed by atoms with Crippen LogP contribution in [0.4, 0.5) is 5.00 Å². The third kappa shape index (κ3) is 3.12. The van der Waals surface area contributed by atoms with Gasteiger partial charge in [0.15, 0.2) is 0 Å². The van der Waals surface area contributed by atoms with Gasteiger partial charge in [-0.25, -0.2) is 0 Å². The molecule has 1 aliphatic heterocycles. The van der Waals surface area contributed by atoms with Crippen LogP contribution in [0.1, 0.15) is 59.7 Å². The maximum atomic E-state index is 12.8. The summed E-state index contributed by atoms with van der Waals surface area (Å²) in [6.45, 7) is 6.92. The summed E-state index contributed by atoms with van der Waals surface area (Å²) in [5.74, 6) is 0.658. The number of carbonyl (C=O) groups is 1. The van der Waals surface area contributed by atoms with Crippen molar-refractivity contribution in [2.45, 2.75) is 46.2 Å². The zero-order valence-corrected chi connectivity index (χ0v) is 17.4. The van der Waals surface area contributed by atoms with E-state index < -0.39 is 0 Å². The lowest BCUT2D eigenvalue weighted by molar-refractivity contribution is 0.0935. The lowest BCUT2D eigenvalue weighted by Crippen LogP contribution is -2.38. The molecule has 2 atom stereocenters. The van der Waals surface area contributed by atoms with Crippen molar-refractivity contribution < 1.29 is 4.79 Å². The van der Waals surface area contributed by atoms with E-state index >= 15 is 0 Å². The summed E-state index contributed by atoms with van der Waals surface area (Å²) in [5.41, 5.74) is 3.27. The van der Waals surface area contributed by atoms with Crippen molar-refractivity contribution in [3.8, 4) is 0 Å². The number of benzene rings is 1. The molecule has 0 fully saturated rings. The van der Waals surface area contributed by atoms with E-state index in [1.165, 1.54) is 10.4 Å². The second kappa shape index (κ2) is 6.43. The molecule has 26 heavy (non-hydrogen) atoms. The van der Waals surface area contributed by atoms with Gasteiger partial charge in [0.25, 0.3) is 5.91 Å². The van der Waals surface area contributed by atoms with E-state index in [4.69, 9.17) is 23.2 Å². The van der Waals surface area contributed by atoms with Crippen LogP contribution in [0.5, 0.6) is 0 Å². The van der Waals surface area contributed by atoms with Crippen LogP contribution in [0, 0.1) is 11.3 Å². The summed E-state index contributed by atoms with van der Waals surface area (Å²) in [6.07, 6.45) is 2.89. The SMILES string of the molecule is CC(C)(C)C1CCc2c(sc3c2C(=O)NC(c2ccc(Cl)c(Cl)c2)N3)C1. The molecule has 0 saturated heterocycles. The molecule has 2 N–H and O–H groups in total. The topological polar surface area (TPSA) is 41.1 Å². The molecule has 0 spiro atoms. The van der Waals surface area contributed by atoms with Crippen LogP contribution < -0.4 is 10.6 Å². The molecule has 0 radical (unpaired) electrons. The smallest absolute Gasteiger partial charge is 0.256 e. The largest absolute Gasteiger partial charge is 0.353 e. The normalized spacial score (nSPS) is 22.3. The van der Waals surface area contributed by atoms with E-state index in [-0.39, 0.29) is 12.1 Å². The van der Waals surface area contributed by atoms with Crippen molar-refractivity contribution in [1.82, 2.24) is 5.32 Å². The van der Waals surface area contributed by atoms with Gasteiger partial charge < -0.3 is 10.6 Å². The Kier molecular flexibility index (Phi) is 4.49. The molecular formula is C20H22Cl2N2OS. The van der Waals surface area contributed by atoms with Crippen LogP contribution in [0.2, 0.25) is 10.0 Å². The number of thiophene rings is 1. The number of amides is 1. The quantitative estimate of drug-likeness (QED) is 0.601. The molecule has 6 heteroatoms. The van der Waals surface area contributed by atoms with Crippen LogP contribution in [-0.2, 0) is 12.8 Å². The van der Waals surface area contributed by atoms with E-state index in [0.29, 0.717) is 21.4 Å². The van der Waals surface area contributed by atoms with Crippen molar-refractivity contribution in [3.05, 3.63) is 49.8 Å². The van der Waals surface area contributed by atoms with Crippen molar-refractivity contribution in [2.24, 2.45) is 11.3 Å². The van der Waals surface area contributed by atoms with Crippen molar-refractivity contribution in [2.75, 3.05) is 5.32 Å². The number of anilines is 1. The highest BCUT2D eigenvalue weighted by Gasteiger charge is 2.36. The lowest BCUT2D eigenvalue weighted by Gasteiger charge is -2.34. The predicted octanol–water partition coefficient (Wildman–Crippen LogP) is 6.06. The third-order valence-corrected chi connectivity index (χ3v) is 7.47. The monoisotopic (exact) mass is 408 g/mol. The molecule has 2 aromatic rings. The van der Waals surface area contributed by atoms with E-state index in [2.05, 4.69) is 31.4 Å². The molecule has 1 aliphatic carbocycles.